The maximum atomic E-state index is 4.84. The van der Waals surface area contributed by atoms with Crippen LogP contribution in [0.15, 0.2) is 0 Å². The van der Waals surface area contributed by atoms with Gasteiger partial charge >= 0.3 is 70.3 Å². The molecule has 0 aliphatic heterocycles. The van der Waals surface area contributed by atoms with Gasteiger partial charge in [0.1, 0.15) is 0 Å². The molecule has 0 aliphatic carbocycles. The predicted octanol–water partition coefficient (Wildman–Crippen LogP) is 1.38. The van der Waals surface area contributed by atoms with Gasteiger partial charge in [-0.25, -0.2) is 0 Å². The van der Waals surface area contributed by atoms with Gasteiger partial charge in [0.25, 0.3) is 0 Å². The molecule has 0 spiro atoms. The fourth-order valence-electron chi connectivity index (χ4n) is 0.330. The van der Waals surface area contributed by atoms with Gasteiger partial charge in [0.05, 0.1) is 0 Å². The molecular formula is C5H11OTb. The van der Waals surface area contributed by atoms with Crippen LogP contribution in [0.4, 0.5) is 0 Å². The molecule has 0 aromatic rings. The zero-order valence-corrected chi connectivity index (χ0v) is 6.71. The topological polar surface area (TPSA) is 9.23 Å². The van der Waals surface area contributed by atoms with Crippen LogP contribution in [0, 0.1) is 36.6 Å². The zero-order chi connectivity index (χ0) is 5.54. The summed E-state index contributed by atoms with van der Waals surface area (Å²) in [5.41, 5.74) is 0. The Bertz CT molecular complexity index is 27.3. The van der Waals surface area contributed by atoms with E-state index in [1.54, 1.807) is 7.11 Å². The van der Waals surface area contributed by atoms with E-state index >= 15 is 0 Å². The molecule has 0 unspecified atom stereocenters. The first-order valence-corrected chi connectivity index (χ1v) is 3.94. The molecule has 0 atom stereocenters. The Morgan fingerprint density at radius 2 is 2.14 bits per heavy atom. The van der Waals surface area contributed by atoms with Gasteiger partial charge in [0.2, 0.25) is 0 Å². The van der Waals surface area contributed by atoms with Crippen molar-refractivity contribution in [2.45, 2.75) is 15.2 Å². The number of hydrogen-bond acceptors (Lipinski definition) is 1. The van der Waals surface area contributed by atoms with Crippen LogP contribution in [0.25, 0.3) is 0 Å². The summed E-state index contributed by atoms with van der Waals surface area (Å²) >= 11 is 2.19. The minimum atomic E-state index is 0.924. The second kappa shape index (κ2) is 7.25. The molecule has 46 valence electrons. The van der Waals surface area contributed by atoms with Gasteiger partial charge in [-0.3, -0.25) is 0 Å². The van der Waals surface area contributed by atoms with E-state index in [1.807, 2.05) is 0 Å². The molecule has 0 amide bonds. The van der Waals surface area contributed by atoms with E-state index in [-0.39, 0.29) is 0 Å². The van der Waals surface area contributed by atoms with Crippen molar-refractivity contribution in [2.24, 2.45) is 0 Å². The van der Waals surface area contributed by atoms with Crippen molar-refractivity contribution < 1.29 is 41.4 Å². The van der Waals surface area contributed by atoms with Crippen LogP contribution in [0.5, 0.6) is 0 Å². The summed E-state index contributed by atoms with van der Waals surface area (Å²) in [6.07, 6.45) is 2.51. The maximum absolute atomic E-state index is 4.84. The van der Waals surface area contributed by atoms with Crippen molar-refractivity contribution in [2.75, 3.05) is 13.7 Å². The number of rotatable bonds is 4. The molecule has 2 heteroatoms. The molecule has 0 aromatic carbocycles. The predicted molar refractivity (Wildman–Crippen MR) is 25.9 cm³/mol. The van der Waals surface area contributed by atoms with Gasteiger partial charge in [-0.2, -0.15) is 0 Å². The van der Waals surface area contributed by atoms with Crippen LogP contribution in [0.1, 0.15) is 12.8 Å². The third kappa shape index (κ3) is 7.25. The van der Waals surface area contributed by atoms with E-state index in [4.69, 9.17) is 4.74 Å². The molecule has 0 fully saturated rings. The summed E-state index contributed by atoms with van der Waals surface area (Å²) < 4.78 is 6.12. The second-order valence-corrected chi connectivity index (χ2v) is 2.44. The molecule has 0 saturated heterocycles. The average molecular weight is 246 g/mol. The van der Waals surface area contributed by atoms with Crippen molar-refractivity contribution in [1.29, 1.82) is 0 Å². The van der Waals surface area contributed by atoms with E-state index in [0.717, 1.165) is 6.61 Å². The minimum absolute atomic E-state index is 0.924. The Morgan fingerprint density at radius 1 is 1.43 bits per heavy atom. The Balaban J connectivity index is 2.45. The Morgan fingerprint density at radius 3 is 2.57 bits per heavy atom. The summed E-state index contributed by atoms with van der Waals surface area (Å²) in [6.45, 7) is 0.924. The molecule has 0 bridgehead atoms. The summed E-state index contributed by atoms with van der Waals surface area (Å²) in [5, 5.41) is 0. The summed E-state index contributed by atoms with van der Waals surface area (Å²) in [7, 11) is 1.75. The van der Waals surface area contributed by atoms with Gasteiger partial charge in [-0.15, -0.1) is 0 Å². The first-order chi connectivity index (χ1) is 3.41. The molecule has 0 aromatic heterocycles. The van der Waals surface area contributed by atoms with Crippen LogP contribution in [-0.2, 0) is 4.74 Å². The van der Waals surface area contributed by atoms with Crippen LogP contribution in [0.2, 0.25) is 2.39 Å². The van der Waals surface area contributed by atoms with Gasteiger partial charge < -0.3 is 0 Å². The summed E-state index contributed by atoms with van der Waals surface area (Å²) in [5.74, 6) is 0. The number of methoxy groups -OCH3 is 1. The van der Waals surface area contributed by atoms with Crippen molar-refractivity contribution >= 4 is 0 Å². The molecule has 7 heavy (non-hydrogen) atoms. The molecule has 0 saturated carbocycles. The van der Waals surface area contributed by atoms with E-state index < -0.39 is 0 Å². The number of ether oxygens (including phenoxy) is 1. The van der Waals surface area contributed by atoms with Gasteiger partial charge in [-0.1, -0.05) is 0 Å². The van der Waals surface area contributed by atoms with E-state index in [9.17, 15) is 0 Å². The van der Waals surface area contributed by atoms with Crippen molar-refractivity contribution in [1.82, 2.24) is 0 Å². The van der Waals surface area contributed by atoms with E-state index in [1.165, 1.54) is 15.2 Å². The molecule has 0 aliphatic rings. The zero-order valence-electron chi connectivity index (χ0n) is 4.57. The normalized spacial score (nSPS) is 9.57. The Hall–Kier alpha value is 1.25. The van der Waals surface area contributed by atoms with Crippen molar-refractivity contribution in [3.63, 3.8) is 0 Å². The first kappa shape index (κ1) is 8.25. The summed E-state index contributed by atoms with van der Waals surface area (Å²) in [4.78, 5) is 0. The quantitative estimate of drug-likeness (QED) is 0.681. The molecule has 1 nitrogen and oxygen atoms in total. The van der Waals surface area contributed by atoms with Crippen LogP contribution in [0.3, 0.4) is 0 Å². The van der Waals surface area contributed by atoms with Crippen molar-refractivity contribution in [3.05, 3.63) is 0 Å². The third-order valence-electron chi connectivity index (χ3n) is 0.716. The van der Waals surface area contributed by atoms with E-state index in [0.29, 0.717) is 0 Å². The molecule has 0 heterocycles. The Kier molecular flexibility index (Phi) is 8.54. The van der Waals surface area contributed by atoms with Crippen molar-refractivity contribution in [3.8, 4) is 0 Å². The van der Waals surface area contributed by atoms with Crippen LogP contribution in [-0.4, -0.2) is 13.7 Å². The third-order valence-corrected chi connectivity index (χ3v) is 1.47. The molecule has 0 radical (unpaired) electrons. The van der Waals surface area contributed by atoms with Gasteiger partial charge in [0.15, 0.2) is 0 Å². The fraction of sp³-hybridized carbons (Fsp3) is 1.00. The standard InChI is InChI=1S/C5H11O.Tb/c1-3-4-5-6-2;/h1,3-5H2,2H3;. The fourth-order valence-corrected chi connectivity index (χ4v) is 0.864. The summed E-state index contributed by atoms with van der Waals surface area (Å²) in [6, 6.07) is 0. The van der Waals surface area contributed by atoms with Crippen LogP contribution < -0.4 is 0 Å². The first-order valence-electron chi connectivity index (χ1n) is 2.43. The SMILES string of the molecule is COCCC[CH2][Tb]. The number of hydrogen-bond donors (Lipinski definition) is 0. The van der Waals surface area contributed by atoms with Gasteiger partial charge in [0, 0.05) is 0 Å². The number of unbranched alkanes of at least 4 members (excludes halogenated alkanes) is 1. The molecular weight excluding hydrogens is 235 g/mol. The monoisotopic (exact) mass is 246 g/mol. The Labute approximate surface area is 69.7 Å². The van der Waals surface area contributed by atoms with Gasteiger partial charge in [-0.05, 0) is 0 Å². The second-order valence-electron chi connectivity index (χ2n) is 1.37. The molecule has 0 rings (SSSR count). The molecule has 0 N–H and O–H groups in total. The van der Waals surface area contributed by atoms with E-state index in [2.05, 4.69) is 36.6 Å². The average Bonchev–Trinajstić information content (AvgIpc) is 1.69. The van der Waals surface area contributed by atoms with Crippen LogP contribution >= 0.6 is 0 Å².